The van der Waals surface area contributed by atoms with Gasteiger partial charge in [0.2, 0.25) is 0 Å². The molecule has 2 rings (SSSR count). The largest absolute Gasteiger partial charge is 0.452 e. The third kappa shape index (κ3) is 5.55. The molecule has 27 heavy (non-hydrogen) atoms. The van der Waals surface area contributed by atoms with Crippen molar-refractivity contribution in [1.82, 2.24) is 20.6 Å². The van der Waals surface area contributed by atoms with Crippen LogP contribution in [0.3, 0.4) is 0 Å². The van der Waals surface area contributed by atoms with E-state index in [-0.39, 0.29) is 10.7 Å². The van der Waals surface area contributed by atoms with Crippen LogP contribution in [0, 0.1) is 12.8 Å². The molecule has 1 heterocycles. The zero-order valence-electron chi connectivity index (χ0n) is 15.3. The number of benzene rings is 1. The van der Waals surface area contributed by atoms with Gasteiger partial charge in [-0.3, -0.25) is 25.1 Å². The molecule has 0 saturated heterocycles. The molecule has 1 aromatic heterocycles. The van der Waals surface area contributed by atoms with Crippen molar-refractivity contribution in [3.8, 4) is 0 Å². The van der Waals surface area contributed by atoms with Gasteiger partial charge in [-0.15, -0.1) is 0 Å². The molecule has 0 unspecified atom stereocenters. The van der Waals surface area contributed by atoms with Crippen molar-refractivity contribution >= 4 is 29.4 Å². The Morgan fingerprint density at radius 3 is 2.48 bits per heavy atom. The maximum absolute atomic E-state index is 12.2. The van der Waals surface area contributed by atoms with Crippen molar-refractivity contribution in [2.45, 2.75) is 27.3 Å². The highest BCUT2D eigenvalue weighted by atomic mass is 35.5. The van der Waals surface area contributed by atoms with E-state index in [9.17, 15) is 14.4 Å². The number of amides is 2. The van der Waals surface area contributed by atoms with Crippen LogP contribution in [0.2, 0.25) is 5.15 Å². The van der Waals surface area contributed by atoms with Crippen molar-refractivity contribution < 1.29 is 19.1 Å². The molecule has 0 radical (unpaired) electrons. The standard InChI is InChI=1S/C18H21ClN4O4/c1-11(2)9-23-16(19)15(12(3)22-23)18(26)27-10-14(24)20-21-17(25)13-7-5-4-6-8-13/h4-8,11H,9-10H2,1-3H3,(H,20,24)(H,21,25). The second kappa shape index (κ2) is 9.18. The summed E-state index contributed by atoms with van der Waals surface area (Å²) >= 11 is 6.20. The maximum atomic E-state index is 12.2. The molecular formula is C18H21ClN4O4. The maximum Gasteiger partial charge on any atom is 0.343 e. The lowest BCUT2D eigenvalue weighted by Gasteiger charge is -2.08. The number of halogens is 1. The molecule has 0 atom stereocenters. The summed E-state index contributed by atoms with van der Waals surface area (Å²) in [4.78, 5) is 35.8. The van der Waals surface area contributed by atoms with E-state index in [1.54, 1.807) is 37.3 Å². The number of carbonyl (C=O) groups is 3. The van der Waals surface area contributed by atoms with E-state index in [4.69, 9.17) is 16.3 Å². The van der Waals surface area contributed by atoms with E-state index in [1.807, 2.05) is 13.8 Å². The number of rotatable bonds is 6. The molecule has 0 aliphatic heterocycles. The second-order valence-corrected chi connectivity index (χ2v) is 6.63. The predicted molar refractivity (Wildman–Crippen MR) is 99.1 cm³/mol. The lowest BCUT2D eigenvalue weighted by atomic mass is 10.2. The first-order valence-electron chi connectivity index (χ1n) is 8.33. The van der Waals surface area contributed by atoms with Gasteiger partial charge in [-0.25, -0.2) is 4.79 Å². The summed E-state index contributed by atoms with van der Waals surface area (Å²) in [5.41, 5.74) is 5.34. The molecule has 9 heteroatoms. The number of esters is 1. The molecule has 0 bridgehead atoms. The molecule has 144 valence electrons. The lowest BCUT2D eigenvalue weighted by Crippen LogP contribution is -2.43. The topological polar surface area (TPSA) is 102 Å². The van der Waals surface area contributed by atoms with Crippen molar-refractivity contribution in [2.24, 2.45) is 5.92 Å². The molecule has 2 amide bonds. The Kier molecular flexibility index (Phi) is 6.95. The SMILES string of the molecule is Cc1nn(CC(C)C)c(Cl)c1C(=O)OCC(=O)NNC(=O)c1ccccc1. The fourth-order valence-corrected chi connectivity index (χ4v) is 2.60. The van der Waals surface area contributed by atoms with Gasteiger partial charge in [0.25, 0.3) is 11.8 Å². The van der Waals surface area contributed by atoms with Gasteiger partial charge < -0.3 is 4.74 Å². The molecule has 0 aliphatic carbocycles. The van der Waals surface area contributed by atoms with Gasteiger partial charge in [0.1, 0.15) is 10.7 Å². The zero-order chi connectivity index (χ0) is 20.0. The smallest absolute Gasteiger partial charge is 0.343 e. The fourth-order valence-electron chi connectivity index (χ4n) is 2.28. The number of carbonyl (C=O) groups excluding carboxylic acids is 3. The van der Waals surface area contributed by atoms with Gasteiger partial charge in [0.05, 0.1) is 5.69 Å². The Morgan fingerprint density at radius 1 is 1.19 bits per heavy atom. The Labute approximate surface area is 161 Å². The van der Waals surface area contributed by atoms with E-state index in [0.717, 1.165) is 0 Å². The van der Waals surface area contributed by atoms with Crippen molar-refractivity contribution in [1.29, 1.82) is 0 Å². The van der Waals surface area contributed by atoms with Gasteiger partial charge in [-0.1, -0.05) is 43.6 Å². The van der Waals surface area contributed by atoms with E-state index in [1.165, 1.54) is 4.68 Å². The quantitative estimate of drug-likeness (QED) is 0.579. The minimum atomic E-state index is -0.753. The number of aromatic nitrogens is 2. The van der Waals surface area contributed by atoms with E-state index in [0.29, 0.717) is 23.7 Å². The van der Waals surface area contributed by atoms with Crippen LogP contribution in [-0.2, 0) is 16.1 Å². The average Bonchev–Trinajstić information content (AvgIpc) is 2.91. The van der Waals surface area contributed by atoms with Gasteiger partial charge in [-0.05, 0) is 25.0 Å². The van der Waals surface area contributed by atoms with E-state index in [2.05, 4.69) is 16.0 Å². The van der Waals surface area contributed by atoms with Crippen LogP contribution in [0.4, 0.5) is 0 Å². The first kappa shape index (κ1) is 20.4. The van der Waals surface area contributed by atoms with Gasteiger partial charge in [0.15, 0.2) is 6.61 Å². The normalized spacial score (nSPS) is 10.6. The van der Waals surface area contributed by atoms with Crippen molar-refractivity contribution in [3.05, 3.63) is 52.3 Å². The van der Waals surface area contributed by atoms with Crippen LogP contribution in [-0.4, -0.2) is 34.2 Å². The first-order chi connectivity index (χ1) is 12.8. The Bertz CT molecular complexity index is 833. The van der Waals surface area contributed by atoms with Crippen molar-refractivity contribution in [3.63, 3.8) is 0 Å². The predicted octanol–water partition coefficient (Wildman–Crippen LogP) is 2.12. The first-order valence-corrected chi connectivity index (χ1v) is 8.71. The van der Waals surface area contributed by atoms with Crippen LogP contribution in [0.25, 0.3) is 0 Å². The minimum absolute atomic E-state index is 0.124. The molecule has 0 saturated carbocycles. The van der Waals surface area contributed by atoms with Crippen LogP contribution >= 0.6 is 11.6 Å². The molecule has 0 fully saturated rings. The summed E-state index contributed by atoms with van der Waals surface area (Å²) < 4.78 is 6.49. The van der Waals surface area contributed by atoms with E-state index < -0.39 is 24.4 Å². The number of nitrogens with one attached hydrogen (secondary N) is 2. The molecule has 1 aromatic carbocycles. The third-order valence-electron chi connectivity index (χ3n) is 3.49. The molecule has 0 aliphatic rings. The molecular weight excluding hydrogens is 372 g/mol. The summed E-state index contributed by atoms with van der Waals surface area (Å²) in [6, 6.07) is 8.36. The number of ether oxygens (including phenoxy) is 1. The number of hydrogen-bond acceptors (Lipinski definition) is 5. The Morgan fingerprint density at radius 2 is 1.85 bits per heavy atom. The van der Waals surface area contributed by atoms with Gasteiger partial charge >= 0.3 is 5.97 Å². The zero-order valence-corrected chi connectivity index (χ0v) is 16.0. The number of hydrazine groups is 1. The summed E-state index contributed by atoms with van der Waals surface area (Å²) in [7, 11) is 0. The number of nitrogens with zero attached hydrogens (tertiary/aromatic N) is 2. The highest BCUT2D eigenvalue weighted by Crippen LogP contribution is 2.21. The number of aryl methyl sites for hydroxylation is 1. The molecule has 8 nitrogen and oxygen atoms in total. The number of hydrogen-bond donors (Lipinski definition) is 2. The monoisotopic (exact) mass is 392 g/mol. The molecule has 2 N–H and O–H groups in total. The summed E-state index contributed by atoms with van der Waals surface area (Å²) in [6.07, 6.45) is 0. The lowest BCUT2D eigenvalue weighted by molar-refractivity contribution is -0.125. The van der Waals surface area contributed by atoms with Gasteiger partial charge in [-0.2, -0.15) is 5.10 Å². The average molecular weight is 393 g/mol. The second-order valence-electron chi connectivity index (χ2n) is 6.27. The Balaban J connectivity index is 1.87. The summed E-state index contributed by atoms with van der Waals surface area (Å²) in [6.45, 7) is 5.62. The summed E-state index contributed by atoms with van der Waals surface area (Å²) in [5, 5.41) is 4.39. The third-order valence-corrected chi connectivity index (χ3v) is 3.88. The van der Waals surface area contributed by atoms with Crippen molar-refractivity contribution in [2.75, 3.05) is 6.61 Å². The van der Waals surface area contributed by atoms with Crippen LogP contribution in [0.5, 0.6) is 0 Å². The van der Waals surface area contributed by atoms with Crippen LogP contribution < -0.4 is 10.9 Å². The molecule has 0 spiro atoms. The fraction of sp³-hybridized carbons (Fsp3) is 0.333. The highest BCUT2D eigenvalue weighted by Gasteiger charge is 2.22. The summed E-state index contributed by atoms with van der Waals surface area (Å²) in [5.74, 6) is -1.62. The van der Waals surface area contributed by atoms with Crippen LogP contribution in [0.1, 0.15) is 40.3 Å². The Hall–Kier alpha value is -2.87. The molecule has 2 aromatic rings. The van der Waals surface area contributed by atoms with Gasteiger partial charge in [0, 0.05) is 12.1 Å². The van der Waals surface area contributed by atoms with Crippen LogP contribution in [0.15, 0.2) is 30.3 Å². The highest BCUT2D eigenvalue weighted by molar-refractivity contribution is 6.32. The van der Waals surface area contributed by atoms with E-state index >= 15 is 0 Å². The minimum Gasteiger partial charge on any atom is -0.452 e.